The van der Waals surface area contributed by atoms with Crippen LogP contribution in [0.15, 0.2) is 18.2 Å². The molecule has 6 heteroatoms. The molecule has 108 valence electrons. The van der Waals surface area contributed by atoms with Crippen molar-refractivity contribution in [2.24, 2.45) is 5.92 Å². The quantitative estimate of drug-likeness (QED) is 0.930. The third-order valence-corrected chi connectivity index (χ3v) is 4.08. The predicted octanol–water partition coefficient (Wildman–Crippen LogP) is 3.38. The number of benzene rings is 1. The van der Waals surface area contributed by atoms with Crippen LogP contribution >= 0.6 is 23.2 Å². The van der Waals surface area contributed by atoms with Gasteiger partial charge in [-0.15, -0.1) is 0 Å². The third-order valence-electron chi connectivity index (χ3n) is 3.52. The number of carboxylic acid groups (broad SMARTS) is 1. The van der Waals surface area contributed by atoms with E-state index in [0.29, 0.717) is 15.6 Å². The third kappa shape index (κ3) is 2.63. The van der Waals surface area contributed by atoms with Gasteiger partial charge < -0.3 is 10.0 Å². The lowest BCUT2D eigenvalue weighted by molar-refractivity contribution is -0.142. The summed E-state index contributed by atoms with van der Waals surface area (Å²) in [5.74, 6) is -1.94. The summed E-state index contributed by atoms with van der Waals surface area (Å²) in [6.07, 6.45) is -0.00284. The standard InChI is InChI=1S/C14H15Cl2NO3/c1-7(2)17-12(18)6-10(14(19)20)13(17)9-4-3-8(15)5-11(9)16/h3-5,7,10,13H,6H2,1-2H3,(H,19,20). The molecule has 2 unspecified atom stereocenters. The van der Waals surface area contributed by atoms with E-state index < -0.39 is 17.9 Å². The molecular formula is C14H15Cl2NO3. The van der Waals surface area contributed by atoms with Gasteiger partial charge in [-0.05, 0) is 31.5 Å². The van der Waals surface area contributed by atoms with Crippen molar-refractivity contribution in [1.82, 2.24) is 4.90 Å². The van der Waals surface area contributed by atoms with Gasteiger partial charge in [0.05, 0.1) is 12.0 Å². The van der Waals surface area contributed by atoms with Crippen LogP contribution in [0.3, 0.4) is 0 Å². The summed E-state index contributed by atoms with van der Waals surface area (Å²) in [5, 5.41) is 10.2. The Morgan fingerprint density at radius 3 is 2.55 bits per heavy atom. The van der Waals surface area contributed by atoms with E-state index in [2.05, 4.69) is 0 Å². The molecule has 2 atom stereocenters. The van der Waals surface area contributed by atoms with Gasteiger partial charge in [0.1, 0.15) is 0 Å². The number of rotatable bonds is 3. The van der Waals surface area contributed by atoms with Crippen molar-refractivity contribution in [3.63, 3.8) is 0 Å². The number of aliphatic carboxylic acids is 1. The molecule has 0 spiro atoms. The van der Waals surface area contributed by atoms with Crippen molar-refractivity contribution >= 4 is 35.1 Å². The largest absolute Gasteiger partial charge is 0.481 e. The van der Waals surface area contributed by atoms with Crippen LogP contribution in [0.2, 0.25) is 10.0 Å². The fraction of sp³-hybridized carbons (Fsp3) is 0.429. The van der Waals surface area contributed by atoms with E-state index in [9.17, 15) is 14.7 Å². The minimum absolute atomic E-state index is 0.00284. The highest BCUT2D eigenvalue weighted by molar-refractivity contribution is 6.35. The zero-order chi connectivity index (χ0) is 15.0. The maximum atomic E-state index is 12.1. The number of carbonyl (C=O) groups excluding carboxylic acids is 1. The summed E-state index contributed by atoms with van der Waals surface area (Å²) in [5.41, 5.74) is 0.628. The van der Waals surface area contributed by atoms with Crippen molar-refractivity contribution in [2.45, 2.75) is 32.4 Å². The monoisotopic (exact) mass is 315 g/mol. The van der Waals surface area contributed by atoms with Gasteiger partial charge in [-0.1, -0.05) is 29.3 Å². The van der Waals surface area contributed by atoms with Crippen LogP contribution in [-0.4, -0.2) is 27.9 Å². The molecule has 1 N–H and O–H groups in total. The fourth-order valence-electron chi connectivity index (χ4n) is 2.69. The molecule has 1 aromatic rings. The second kappa shape index (κ2) is 5.62. The first-order chi connectivity index (χ1) is 9.32. The maximum Gasteiger partial charge on any atom is 0.309 e. The van der Waals surface area contributed by atoms with Crippen LogP contribution in [0.4, 0.5) is 0 Å². The fourth-order valence-corrected chi connectivity index (χ4v) is 3.21. The molecular weight excluding hydrogens is 301 g/mol. The summed E-state index contributed by atoms with van der Waals surface area (Å²) < 4.78 is 0. The van der Waals surface area contributed by atoms with Crippen LogP contribution < -0.4 is 0 Å². The van der Waals surface area contributed by atoms with Crippen LogP contribution in [0.1, 0.15) is 31.9 Å². The summed E-state index contributed by atoms with van der Waals surface area (Å²) in [7, 11) is 0. The molecule has 0 aliphatic carbocycles. The van der Waals surface area contributed by atoms with E-state index in [4.69, 9.17) is 23.2 Å². The second-order valence-corrected chi connectivity index (χ2v) is 6.00. The first kappa shape index (κ1) is 15.1. The molecule has 1 amide bonds. The summed E-state index contributed by atoms with van der Waals surface area (Å²) in [4.78, 5) is 25.1. The van der Waals surface area contributed by atoms with E-state index in [1.165, 1.54) is 0 Å². The molecule has 1 fully saturated rings. The molecule has 0 radical (unpaired) electrons. The van der Waals surface area contributed by atoms with Crippen LogP contribution in [0, 0.1) is 5.92 Å². The van der Waals surface area contributed by atoms with Crippen molar-refractivity contribution in [3.05, 3.63) is 33.8 Å². The SMILES string of the molecule is CC(C)N1C(=O)CC(C(=O)O)C1c1ccc(Cl)cc1Cl. The average molecular weight is 316 g/mol. The Morgan fingerprint density at radius 1 is 1.40 bits per heavy atom. The van der Waals surface area contributed by atoms with Gasteiger partial charge >= 0.3 is 5.97 Å². The first-order valence-electron chi connectivity index (χ1n) is 6.32. The molecule has 1 heterocycles. The Labute approximate surface area is 127 Å². The van der Waals surface area contributed by atoms with E-state index in [0.717, 1.165) is 0 Å². The molecule has 20 heavy (non-hydrogen) atoms. The number of carboxylic acids is 1. The minimum Gasteiger partial charge on any atom is -0.481 e. The number of nitrogens with zero attached hydrogens (tertiary/aromatic N) is 1. The van der Waals surface area contributed by atoms with Gasteiger partial charge in [0.2, 0.25) is 5.91 Å². The molecule has 4 nitrogen and oxygen atoms in total. The smallest absolute Gasteiger partial charge is 0.309 e. The zero-order valence-electron chi connectivity index (χ0n) is 11.1. The van der Waals surface area contributed by atoms with Crippen LogP contribution in [0.5, 0.6) is 0 Å². The number of likely N-dealkylation sites (tertiary alicyclic amines) is 1. The Morgan fingerprint density at radius 2 is 2.05 bits per heavy atom. The average Bonchev–Trinajstić information content (AvgIpc) is 2.67. The molecule has 1 aliphatic rings. The molecule has 0 aromatic heterocycles. The second-order valence-electron chi connectivity index (χ2n) is 5.15. The Kier molecular flexibility index (Phi) is 4.25. The lowest BCUT2D eigenvalue weighted by Gasteiger charge is -2.31. The van der Waals surface area contributed by atoms with Crippen LogP contribution in [0.25, 0.3) is 0 Å². The highest BCUT2D eigenvalue weighted by Gasteiger charge is 2.46. The summed E-state index contributed by atoms with van der Waals surface area (Å²) in [6, 6.07) is 4.27. The summed E-state index contributed by atoms with van der Waals surface area (Å²) >= 11 is 12.1. The van der Waals surface area contributed by atoms with E-state index in [1.54, 1.807) is 23.1 Å². The normalized spacial score (nSPS) is 22.6. The van der Waals surface area contributed by atoms with Gasteiger partial charge in [-0.25, -0.2) is 0 Å². The topological polar surface area (TPSA) is 57.6 Å². The molecule has 0 saturated carbocycles. The van der Waals surface area contributed by atoms with Crippen LogP contribution in [-0.2, 0) is 9.59 Å². The minimum atomic E-state index is -0.988. The highest BCUT2D eigenvalue weighted by Crippen LogP contribution is 2.42. The highest BCUT2D eigenvalue weighted by atomic mass is 35.5. The number of hydrogen-bond donors (Lipinski definition) is 1. The Hall–Kier alpha value is -1.26. The van der Waals surface area contributed by atoms with Gasteiger partial charge in [0.15, 0.2) is 0 Å². The molecule has 1 saturated heterocycles. The predicted molar refractivity (Wildman–Crippen MR) is 76.9 cm³/mol. The number of halogens is 2. The van der Waals surface area contributed by atoms with Crippen molar-refractivity contribution in [2.75, 3.05) is 0 Å². The van der Waals surface area contributed by atoms with Crippen molar-refractivity contribution in [1.29, 1.82) is 0 Å². The molecule has 1 aliphatic heterocycles. The number of hydrogen-bond acceptors (Lipinski definition) is 2. The molecule has 0 bridgehead atoms. The van der Waals surface area contributed by atoms with Crippen molar-refractivity contribution < 1.29 is 14.7 Å². The van der Waals surface area contributed by atoms with E-state index in [-0.39, 0.29) is 18.4 Å². The van der Waals surface area contributed by atoms with Gasteiger partial charge in [-0.3, -0.25) is 9.59 Å². The van der Waals surface area contributed by atoms with Crippen molar-refractivity contribution in [3.8, 4) is 0 Å². The van der Waals surface area contributed by atoms with Gasteiger partial charge in [-0.2, -0.15) is 0 Å². The summed E-state index contributed by atoms with van der Waals surface area (Å²) in [6.45, 7) is 3.72. The van der Waals surface area contributed by atoms with Gasteiger partial charge in [0, 0.05) is 22.5 Å². The number of amides is 1. The lowest BCUT2D eigenvalue weighted by atomic mass is 9.93. The van der Waals surface area contributed by atoms with E-state index >= 15 is 0 Å². The zero-order valence-corrected chi connectivity index (χ0v) is 12.6. The first-order valence-corrected chi connectivity index (χ1v) is 7.07. The number of carbonyl (C=O) groups is 2. The molecule has 2 rings (SSSR count). The lowest BCUT2D eigenvalue weighted by Crippen LogP contribution is -2.36. The van der Waals surface area contributed by atoms with Gasteiger partial charge in [0.25, 0.3) is 0 Å². The maximum absolute atomic E-state index is 12.1. The molecule has 1 aromatic carbocycles. The Balaban J connectivity index is 2.52. The van der Waals surface area contributed by atoms with E-state index in [1.807, 2.05) is 13.8 Å². The Bertz CT molecular complexity index is 559.